The number of unbranched alkanes of at least 4 members (excludes halogenated alkanes) is 2. The van der Waals surface area contributed by atoms with Crippen LogP contribution in [0.4, 0.5) is 0 Å². The zero-order valence-corrected chi connectivity index (χ0v) is 13.6. The van der Waals surface area contributed by atoms with Crippen molar-refractivity contribution in [3.05, 3.63) is 14.7 Å². The molecule has 0 unspecified atom stereocenters. The predicted molar refractivity (Wildman–Crippen MR) is 82.3 cm³/mol. The molecule has 0 aliphatic heterocycles. The van der Waals surface area contributed by atoms with Gasteiger partial charge in [-0.15, -0.1) is 0 Å². The quantitative estimate of drug-likeness (QED) is 0.449. The van der Waals surface area contributed by atoms with Crippen molar-refractivity contribution in [3.63, 3.8) is 0 Å². The number of phenols is 2. The molecule has 0 fully saturated rings. The van der Waals surface area contributed by atoms with Gasteiger partial charge in [0.15, 0.2) is 5.78 Å². The number of hydrogen-bond acceptors (Lipinski definition) is 4. The van der Waals surface area contributed by atoms with E-state index in [4.69, 9.17) is 4.74 Å². The number of carbonyl (C=O) groups excluding carboxylic acids is 1. The third-order valence-corrected chi connectivity index (χ3v) is 4.07. The van der Waals surface area contributed by atoms with Crippen LogP contribution in [0.15, 0.2) is 0 Å². The van der Waals surface area contributed by atoms with Crippen molar-refractivity contribution in [1.82, 2.24) is 0 Å². The molecule has 5 heteroatoms. The van der Waals surface area contributed by atoms with Crippen molar-refractivity contribution >= 4 is 28.4 Å². The monoisotopic (exact) mass is 378 g/mol. The van der Waals surface area contributed by atoms with Crippen molar-refractivity contribution in [1.29, 1.82) is 0 Å². The van der Waals surface area contributed by atoms with Gasteiger partial charge in [0, 0.05) is 12.0 Å². The van der Waals surface area contributed by atoms with E-state index in [9.17, 15) is 15.0 Å². The second-order valence-electron chi connectivity index (χ2n) is 4.42. The van der Waals surface area contributed by atoms with Crippen molar-refractivity contribution < 1.29 is 19.7 Å². The molecule has 0 amide bonds. The van der Waals surface area contributed by atoms with E-state index >= 15 is 0 Å². The highest BCUT2D eigenvalue weighted by Gasteiger charge is 2.24. The highest BCUT2D eigenvalue weighted by atomic mass is 127. The summed E-state index contributed by atoms with van der Waals surface area (Å²) in [4.78, 5) is 12.1. The predicted octanol–water partition coefficient (Wildman–Crippen LogP) is 3.78. The Morgan fingerprint density at radius 2 is 1.89 bits per heavy atom. The molecule has 1 rings (SSSR count). The maximum absolute atomic E-state index is 12.1. The van der Waals surface area contributed by atoms with Gasteiger partial charge < -0.3 is 14.9 Å². The van der Waals surface area contributed by atoms with Crippen LogP contribution in [0.1, 0.15) is 48.5 Å². The summed E-state index contributed by atoms with van der Waals surface area (Å²) >= 11 is 1.91. The SMILES string of the molecule is CCCCCC(=O)c1c(O)c(C)c(OC)c(I)c1O. The van der Waals surface area contributed by atoms with Crippen LogP contribution < -0.4 is 4.74 Å². The Hall–Kier alpha value is -0.980. The Labute approximate surface area is 126 Å². The summed E-state index contributed by atoms with van der Waals surface area (Å²) in [6.07, 6.45) is 3.07. The molecule has 4 nitrogen and oxygen atoms in total. The molecule has 106 valence electrons. The molecule has 1 aromatic rings. The number of ether oxygens (including phenoxy) is 1. The molecular formula is C14H19IO4. The van der Waals surface area contributed by atoms with Crippen LogP contribution in [-0.4, -0.2) is 23.1 Å². The van der Waals surface area contributed by atoms with Crippen LogP contribution in [0.5, 0.6) is 17.2 Å². The molecule has 0 aromatic heterocycles. The molecule has 0 spiro atoms. The number of rotatable bonds is 6. The summed E-state index contributed by atoms with van der Waals surface area (Å²) in [6, 6.07) is 0. The smallest absolute Gasteiger partial charge is 0.170 e. The van der Waals surface area contributed by atoms with Crippen molar-refractivity contribution in [2.75, 3.05) is 7.11 Å². The van der Waals surface area contributed by atoms with E-state index in [2.05, 4.69) is 6.92 Å². The highest BCUT2D eigenvalue weighted by Crippen LogP contribution is 2.43. The van der Waals surface area contributed by atoms with Crippen LogP contribution in [0.25, 0.3) is 0 Å². The summed E-state index contributed by atoms with van der Waals surface area (Å²) in [5.41, 5.74) is 0.488. The number of benzene rings is 1. The molecule has 0 saturated heterocycles. The van der Waals surface area contributed by atoms with Crippen LogP contribution in [0.3, 0.4) is 0 Å². The summed E-state index contributed by atoms with van der Waals surface area (Å²) in [5, 5.41) is 20.2. The van der Waals surface area contributed by atoms with Crippen LogP contribution in [0.2, 0.25) is 0 Å². The first-order valence-electron chi connectivity index (χ1n) is 6.26. The number of methoxy groups -OCH3 is 1. The number of ketones is 1. The number of hydrogen-bond donors (Lipinski definition) is 2. The minimum Gasteiger partial charge on any atom is -0.507 e. The fourth-order valence-corrected chi connectivity index (χ4v) is 2.85. The lowest BCUT2D eigenvalue weighted by Crippen LogP contribution is -2.04. The van der Waals surface area contributed by atoms with E-state index in [1.165, 1.54) is 7.11 Å². The van der Waals surface area contributed by atoms with Gasteiger partial charge in [0.2, 0.25) is 0 Å². The summed E-state index contributed by atoms with van der Waals surface area (Å²) < 4.78 is 5.58. The molecule has 1 aromatic carbocycles. The van der Waals surface area contributed by atoms with E-state index in [1.54, 1.807) is 6.92 Å². The fraction of sp³-hybridized carbons (Fsp3) is 0.500. The molecule has 0 aliphatic rings. The zero-order valence-electron chi connectivity index (χ0n) is 11.4. The topological polar surface area (TPSA) is 66.8 Å². The molecule has 0 aliphatic carbocycles. The average molecular weight is 378 g/mol. The van der Waals surface area contributed by atoms with Gasteiger partial charge >= 0.3 is 0 Å². The lowest BCUT2D eigenvalue weighted by atomic mass is 10.00. The second kappa shape index (κ2) is 6.98. The number of aromatic hydroxyl groups is 2. The van der Waals surface area contributed by atoms with Crippen LogP contribution >= 0.6 is 22.6 Å². The Morgan fingerprint density at radius 3 is 2.42 bits per heavy atom. The molecule has 19 heavy (non-hydrogen) atoms. The molecule has 2 N–H and O–H groups in total. The Balaban J connectivity index is 3.18. The number of Topliss-reactive ketones (excluding diaryl/α,β-unsaturated/α-hetero) is 1. The van der Waals surface area contributed by atoms with Crippen molar-refractivity contribution in [2.45, 2.75) is 39.5 Å². The van der Waals surface area contributed by atoms with Gasteiger partial charge in [0.1, 0.15) is 22.8 Å². The average Bonchev–Trinajstić information content (AvgIpc) is 2.38. The first-order chi connectivity index (χ1) is 8.95. The number of phenolic OH excluding ortho intramolecular Hbond substituents is 2. The fourth-order valence-electron chi connectivity index (χ4n) is 1.96. The van der Waals surface area contributed by atoms with Gasteiger partial charge in [-0.3, -0.25) is 4.79 Å². The first-order valence-corrected chi connectivity index (χ1v) is 7.34. The van der Waals surface area contributed by atoms with Gasteiger partial charge in [0.05, 0.1) is 10.7 Å². The minimum absolute atomic E-state index is 0.0128. The Morgan fingerprint density at radius 1 is 1.26 bits per heavy atom. The Bertz CT molecular complexity index is 454. The molecular weight excluding hydrogens is 359 g/mol. The van der Waals surface area contributed by atoms with Gasteiger partial charge in [-0.1, -0.05) is 19.8 Å². The number of carbonyl (C=O) groups is 1. The van der Waals surface area contributed by atoms with Crippen LogP contribution in [0, 0.1) is 10.5 Å². The molecule has 0 heterocycles. The minimum atomic E-state index is -0.230. The standard InChI is InChI=1S/C14H19IO4/c1-4-5-6-7-9(16)10-12(17)8(2)14(19-3)11(15)13(10)18/h17-18H,4-7H2,1-3H3. The van der Waals surface area contributed by atoms with E-state index in [0.29, 0.717) is 21.3 Å². The van der Waals surface area contributed by atoms with E-state index in [-0.39, 0.29) is 22.8 Å². The lowest BCUT2D eigenvalue weighted by Gasteiger charge is -2.15. The van der Waals surface area contributed by atoms with Gasteiger partial charge in [0.25, 0.3) is 0 Å². The molecule has 0 saturated carbocycles. The summed E-state index contributed by atoms with van der Waals surface area (Å²) in [6.45, 7) is 3.72. The molecule has 0 atom stereocenters. The zero-order chi connectivity index (χ0) is 14.6. The maximum Gasteiger partial charge on any atom is 0.170 e. The summed E-state index contributed by atoms with van der Waals surface area (Å²) in [5.74, 6) is -0.203. The maximum atomic E-state index is 12.1. The van der Waals surface area contributed by atoms with Crippen molar-refractivity contribution in [3.8, 4) is 17.2 Å². The van der Waals surface area contributed by atoms with Crippen molar-refractivity contribution in [2.24, 2.45) is 0 Å². The lowest BCUT2D eigenvalue weighted by molar-refractivity contribution is 0.0973. The Kier molecular flexibility index (Phi) is 5.90. The number of halogens is 1. The third-order valence-electron chi connectivity index (χ3n) is 3.07. The van der Waals surface area contributed by atoms with Gasteiger partial charge in [-0.05, 0) is 35.9 Å². The van der Waals surface area contributed by atoms with E-state index in [0.717, 1.165) is 19.3 Å². The van der Waals surface area contributed by atoms with E-state index < -0.39 is 0 Å². The first kappa shape index (κ1) is 16.1. The second-order valence-corrected chi connectivity index (χ2v) is 5.50. The summed E-state index contributed by atoms with van der Waals surface area (Å²) in [7, 11) is 1.46. The van der Waals surface area contributed by atoms with Crippen LogP contribution in [-0.2, 0) is 0 Å². The highest BCUT2D eigenvalue weighted by molar-refractivity contribution is 14.1. The van der Waals surface area contributed by atoms with Gasteiger partial charge in [-0.2, -0.15) is 0 Å². The van der Waals surface area contributed by atoms with Gasteiger partial charge in [-0.25, -0.2) is 0 Å². The van der Waals surface area contributed by atoms with E-state index in [1.807, 2.05) is 22.6 Å². The third kappa shape index (κ3) is 3.32. The largest absolute Gasteiger partial charge is 0.507 e. The molecule has 0 radical (unpaired) electrons. The normalized spacial score (nSPS) is 10.5. The molecule has 0 bridgehead atoms.